The summed E-state index contributed by atoms with van der Waals surface area (Å²) in [6, 6.07) is 0.608. The first kappa shape index (κ1) is 13.3. The Balaban J connectivity index is 2.46. The molecule has 1 saturated carbocycles. The second-order valence-electron chi connectivity index (χ2n) is 6.29. The van der Waals surface area contributed by atoms with Gasteiger partial charge in [-0.3, -0.25) is 0 Å². The van der Waals surface area contributed by atoms with E-state index < -0.39 is 0 Å². The topological polar surface area (TPSA) is 32.3 Å². The van der Waals surface area contributed by atoms with Crippen molar-refractivity contribution in [1.29, 1.82) is 0 Å². The van der Waals surface area contributed by atoms with Gasteiger partial charge in [-0.05, 0) is 46.0 Å². The number of amides is 2. The minimum atomic E-state index is -0.137. The van der Waals surface area contributed by atoms with Crippen LogP contribution in [0.2, 0.25) is 0 Å². The molecule has 0 spiro atoms. The molecule has 0 unspecified atom stereocenters. The van der Waals surface area contributed by atoms with E-state index in [9.17, 15) is 4.79 Å². The Bertz CT molecular complexity index is 239. The highest BCUT2D eigenvalue weighted by Crippen LogP contribution is 2.27. The van der Waals surface area contributed by atoms with Crippen molar-refractivity contribution in [3.8, 4) is 0 Å². The minimum absolute atomic E-state index is 0.107. The van der Waals surface area contributed by atoms with Crippen molar-refractivity contribution in [3.63, 3.8) is 0 Å². The summed E-state index contributed by atoms with van der Waals surface area (Å²) in [5.41, 5.74) is -0.137. The van der Waals surface area contributed by atoms with Gasteiger partial charge >= 0.3 is 6.03 Å². The Labute approximate surface area is 99.6 Å². The van der Waals surface area contributed by atoms with E-state index >= 15 is 0 Å². The molecule has 0 aromatic carbocycles. The Hall–Kier alpha value is -0.730. The zero-order valence-electron chi connectivity index (χ0n) is 11.3. The van der Waals surface area contributed by atoms with E-state index in [0.717, 1.165) is 13.0 Å². The third-order valence-electron chi connectivity index (χ3n) is 2.68. The van der Waals surface area contributed by atoms with Crippen LogP contribution < -0.4 is 5.32 Å². The maximum atomic E-state index is 12.1. The monoisotopic (exact) mass is 226 g/mol. The van der Waals surface area contributed by atoms with Crippen LogP contribution in [-0.2, 0) is 0 Å². The molecular formula is C13H26N2O. The molecule has 0 aromatic heterocycles. The zero-order valence-corrected chi connectivity index (χ0v) is 11.3. The van der Waals surface area contributed by atoms with E-state index in [1.807, 2.05) is 25.7 Å². The Morgan fingerprint density at radius 2 is 1.94 bits per heavy atom. The molecule has 1 rings (SSSR count). The van der Waals surface area contributed by atoms with Gasteiger partial charge in [0.05, 0.1) is 0 Å². The van der Waals surface area contributed by atoms with Crippen LogP contribution >= 0.6 is 0 Å². The molecule has 1 aliphatic rings. The average Bonchev–Trinajstić information content (AvgIpc) is 2.84. The number of nitrogens with zero attached hydrogens (tertiary/aromatic N) is 1. The third-order valence-corrected chi connectivity index (χ3v) is 2.68. The third kappa shape index (κ3) is 4.86. The summed E-state index contributed by atoms with van der Waals surface area (Å²) in [7, 11) is 0. The number of hydrogen-bond donors (Lipinski definition) is 1. The number of urea groups is 1. The van der Waals surface area contributed by atoms with Gasteiger partial charge in [-0.1, -0.05) is 13.8 Å². The van der Waals surface area contributed by atoms with Crippen LogP contribution in [0, 0.1) is 5.92 Å². The predicted molar refractivity (Wildman–Crippen MR) is 67.5 cm³/mol. The standard InChI is InChI=1S/C13H26N2O/c1-10(2)8-9-15(11-6-7-11)12(16)14-13(3,4)5/h10-11H,6-9H2,1-5H3,(H,14,16). The molecule has 0 atom stereocenters. The molecule has 1 fully saturated rings. The maximum absolute atomic E-state index is 12.1. The van der Waals surface area contributed by atoms with E-state index in [1.165, 1.54) is 12.8 Å². The summed E-state index contributed by atoms with van der Waals surface area (Å²) < 4.78 is 0. The second-order valence-corrected chi connectivity index (χ2v) is 6.29. The lowest BCUT2D eigenvalue weighted by molar-refractivity contribution is 0.182. The molecule has 0 saturated heterocycles. The van der Waals surface area contributed by atoms with Crippen LogP contribution in [0.5, 0.6) is 0 Å². The van der Waals surface area contributed by atoms with E-state index in [1.54, 1.807) is 0 Å². The van der Waals surface area contributed by atoms with E-state index in [2.05, 4.69) is 19.2 Å². The second kappa shape index (κ2) is 5.07. The van der Waals surface area contributed by atoms with Crippen molar-refractivity contribution >= 4 is 6.03 Å². The van der Waals surface area contributed by atoms with Crippen molar-refractivity contribution in [2.24, 2.45) is 5.92 Å². The van der Waals surface area contributed by atoms with Gasteiger partial charge in [-0.25, -0.2) is 4.79 Å². The first-order valence-electron chi connectivity index (χ1n) is 6.38. The number of nitrogens with one attached hydrogen (secondary N) is 1. The van der Waals surface area contributed by atoms with Gasteiger partial charge in [0.1, 0.15) is 0 Å². The fourth-order valence-electron chi connectivity index (χ4n) is 1.63. The van der Waals surface area contributed by atoms with Crippen molar-refractivity contribution in [2.45, 2.75) is 65.5 Å². The maximum Gasteiger partial charge on any atom is 0.318 e. The molecule has 0 aromatic rings. The summed E-state index contributed by atoms with van der Waals surface area (Å²) >= 11 is 0. The molecule has 0 heterocycles. The molecule has 0 bridgehead atoms. The fourth-order valence-corrected chi connectivity index (χ4v) is 1.63. The summed E-state index contributed by atoms with van der Waals surface area (Å²) in [4.78, 5) is 14.1. The molecule has 3 heteroatoms. The molecule has 1 N–H and O–H groups in total. The van der Waals surface area contributed by atoms with Crippen LogP contribution in [0.4, 0.5) is 4.79 Å². The molecule has 94 valence electrons. The highest BCUT2D eigenvalue weighted by molar-refractivity contribution is 5.75. The summed E-state index contributed by atoms with van der Waals surface area (Å²) in [5.74, 6) is 0.656. The van der Waals surface area contributed by atoms with Gasteiger partial charge in [-0.2, -0.15) is 0 Å². The molecule has 3 nitrogen and oxygen atoms in total. The first-order chi connectivity index (χ1) is 7.29. The van der Waals surface area contributed by atoms with Gasteiger partial charge in [0.2, 0.25) is 0 Å². The Kier molecular flexibility index (Phi) is 4.22. The average molecular weight is 226 g/mol. The Morgan fingerprint density at radius 3 is 2.31 bits per heavy atom. The van der Waals surface area contributed by atoms with Gasteiger partial charge < -0.3 is 10.2 Å². The van der Waals surface area contributed by atoms with Gasteiger partial charge in [0, 0.05) is 18.1 Å². The normalized spacial score (nSPS) is 16.4. The fraction of sp³-hybridized carbons (Fsp3) is 0.923. The van der Waals surface area contributed by atoms with Crippen LogP contribution in [0.1, 0.15) is 53.9 Å². The lowest BCUT2D eigenvalue weighted by Crippen LogP contribution is -2.49. The molecule has 1 aliphatic carbocycles. The predicted octanol–water partition coefficient (Wildman–Crippen LogP) is 3.01. The SMILES string of the molecule is CC(C)CCN(C(=O)NC(C)(C)C)C1CC1. The molecular weight excluding hydrogens is 200 g/mol. The van der Waals surface area contributed by atoms with Gasteiger partial charge in [-0.15, -0.1) is 0 Å². The zero-order chi connectivity index (χ0) is 12.3. The van der Waals surface area contributed by atoms with Gasteiger partial charge in [0.15, 0.2) is 0 Å². The highest BCUT2D eigenvalue weighted by atomic mass is 16.2. The van der Waals surface area contributed by atoms with Crippen molar-refractivity contribution in [3.05, 3.63) is 0 Å². The number of carbonyl (C=O) groups is 1. The van der Waals surface area contributed by atoms with Crippen molar-refractivity contribution in [1.82, 2.24) is 10.2 Å². The van der Waals surface area contributed by atoms with E-state index in [4.69, 9.17) is 0 Å². The lowest BCUT2D eigenvalue weighted by atomic mass is 10.1. The lowest BCUT2D eigenvalue weighted by Gasteiger charge is -2.29. The first-order valence-corrected chi connectivity index (χ1v) is 6.38. The van der Waals surface area contributed by atoms with E-state index in [0.29, 0.717) is 12.0 Å². The minimum Gasteiger partial charge on any atom is -0.333 e. The molecule has 2 amide bonds. The summed E-state index contributed by atoms with van der Waals surface area (Å²) in [6.45, 7) is 11.4. The van der Waals surface area contributed by atoms with E-state index in [-0.39, 0.29) is 11.6 Å². The number of rotatable bonds is 4. The van der Waals surface area contributed by atoms with Crippen LogP contribution in [-0.4, -0.2) is 29.1 Å². The molecule has 0 radical (unpaired) electrons. The molecule has 16 heavy (non-hydrogen) atoms. The van der Waals surface area contributed by atoms with Gasteiger partial charge in [0.25, 0.3) is 0 Å². The largest absolute Gasteiger partial charge is 0.333 e. The van der Waals surface area contributed by atoms with Crippen LogP contribution in [0.3, 0.4) is 0 Å². The van der Waals surface area contributed by atoms with Crippen LogP contribution in [0.15, 0.2) is 0 Å². The number of carbonyl (C=O) groups excluding carboxylic acids is 1. The Morgan fingerprint density at radius 1 is 1.38 bits per heavy atom. The van der Waals surface area contributed by atoms with Crippen molar-refractivity contribution < 1.29 is 4.79 Å². The smallest absolute Gasteiger partial charge is 0.318 e. The van der Waals surface area contributed by atoms with Crippen molar-refractivity contribution in [2.75, 3.05) is 6.54 Å². The van der Waals surface area contributed by atoms with Crippen LogP contribution in [0.25, 0.3) is 0 Å². The number of hydrogen-bond acceptors (Lipinski definition) is 1. The highest BCUT2D eigenvalue weighted by Gasteiger charge is 2.33. The quantitative estimate of drug-likeness (QED) is 0.785. The molecule has 0 aliphatic heterocycles. The summed E-state index contributed by atoms with van der Waals surface area (Å²) in [6.07, 6.45) is 3.44. The summed E-state index contributed by atoms with van der Waals surface area (Å²) in [5, 5.41) is 3.05.